The number of pyridine rings is 1. The van der Waals surface area contributed by atoms with Crippen LogP contribution in [0.25, 0.3) is 0 Å². The van der Waals surface area contributed by atoms with E-state index < -0.39 is 11.0 Å². The smallest absolute Gasteiger partial charge is 0.288 e. The van der Waals surface area contributed by atoms with E-state index >= 15 is 0 Å². The van der Waals surface area contributed by atoms with Crippen LogP contribution < -0.4 is 4.90 Å². The van der Waals surface area contributed by atoms with Gasteiger partial charge in [-0.2, -0.15) is 0 Å². The summed E-state index contributed by atoms with van der Waals surface area (Å²) in [6, 6.07) is 9.22. The molecular weight excluding hydrogens is 350 g/mol. The molecule has 0 radical (unpaired) electrons. The van der Waals surface area contributed by atoms with Crippen LogP contribution in [0, 0.1) is 10.1 Å². The topological polar surface area (TPSA) is 79.5 Å². The summed E-state index contributed by atoms with van der Waals surface area (Å²) in [5.41, 5.74) is 1.92. The molecule has 3 rings (SSSR count). The Morgan fingerprint density at radius 2 is 2.18 bits per heavy atom. The van der Waals surface area contributed by atoms with E-state index in [9.17, 15) is 15.2 Å². The highest BCUT2D eigenvalue weighted by Gasteiger charge is 2.23. The average molecular weight is 364 g/mol. The standard InChI is InChI=1S/C15H14BrN3O3/c16-13-7-11(19(21)22)8-17-15(13)18-6-5-14(20)12-4-2-1-3-10(12)9-18/h1-4,7-8,14,20H,5-6,9H2/t14-/m1/s1. The Morgan fingerprint density at radius 1 is 1.41 bits per heavy atom. The normalized spacial score (nSPS) is 17.7. The van der Waals surface area contributed by atoms with Gasteiger partial charge in [0.25, 0.3) is 5.69 Å². The lowest BCUT2D eigenvalue weighted by atomic mass is 10.0. The lowest BCUT2D eigenvalue weighted by Gasteiger charge is -2.22. The predicted octanol–water partition coefficient (Wildman–Crippen LogP) is 3.20. The summed E-state index contributed by atoms with van der Waals surface area (Å²) < 4.78 is 0.579. The molecule has 1 N–H and O–H groups in total. The van der Waals surface area contributed by atoms with E-state index in [-0.39, 0.29) is 5.69 Å². The second-order valence-corrected chi connectivity index (χ2v) is 6.04. The Balaban J connectivity index is 1.95. The van der Waals surface area contributed by atoms with Crippen LogP contribution >= 0.6 is 15.9 Å². The van der Waals surface area contributed by atoms with Gasteiger partial charge in [-0.1, -0.05) is 24.3 Å². The minimum atomic E-state index is -0.502. The average Bonchev–Trinajstić information content (AvgIpc) is 2.67. The van der Waals surface area contributed by atoms with Gasteiger partial charge in [-0.15, -0.1) is 0 Å². The highest BCUT2D eigenvalue weighted by atomic mass is 79.9. The zero-order valence-corrected chi connectivity index (χ0v) is 13.2. The van der Waals surface area contributed by atoms with Gasteiger partial charge >= 0.3 is 0 Å². The number of hydrogen-bond acceptors (Lipinski definition) is 5. The van der Waals surface area contributed by atoms with Crippen LogP contribution in [0.15, 0.2) is 41.0 Å². The van der Waals surface area contributed by atoms with E-state index in [2.05, 4.69) is 20.9 Å². The van der Waals surface area contributed by atoms with Crippen molar-refractivity contribution in [1.29, 1.82) is 0 Å². The Labute approximate surface area is 135 Å². The molecule has 0 saturated heterocycles. The van der Waals surface area contributed by atoms with Crippen LogP contribution in [0.1, 0.15) is 23.7 Å². The minimum absolute atomic E-state index is 0.0501. The SMILES string of the molecule is O=[N+]([O-])c1cnc(N2CC[C@@H](O)c3ccccc3C2)c(Br)c1. The monoisotopic (exact) mass is 363 g/mol. The largest absolute Gasteiger partial charge is 0.388 e. The molecule has 1 aliphatic rings. The molecule has 1 aromatic carbocycles. The molecule has 2 aromatic rings. The third-order valence-corrected chi connectivity index (χ3v) is 4.35. The van der Waals surface area contributed by atoms with Crippen molar-refractivity contribution >= 4 is 27.4 Å². The molecule has 114 valence electrons. The zero-order chi connectivity index (χ0) is 15.7. The third-order valence-electron chi connectivity index (χ3n) is 3.77. The van der Waals surface area contributed by atoms with Gasteiger partial charge < -0.3 is 10.0 Å². The van der Waals surface area contributed by atoms with E-state index in [0.29, 0.717) is 29.8 Å². The van der Waals surface area contributed by atoms with Gasteiger partial charge in [-0.05, 0) is 33.5 Å². The number of rotatable bonds is 2. The minimum Gasteiger partial charge on any atom is -0.388 e. The summed E-state index contributed by atoms with van der Waals surface area (Å²) in [5, 5.41) is 21.0. The first-order valence-electron chi connectivity index (χ1n) is 6.87. The number of halogens is 1. The van der Waals surface area contributed by atoms with Crippen LogP contribution in [0.4, 0.5) is 11.5 Å². The van der Waals surface area contributed by atoms with Gasteiger partial charge in [-0.3, -0.25) is 10.1 Å². The lowest BCUT2D eigenvalue weighted by molar-refractivity contribution is -0.385. The molecule has 0 unspecified atom stereocenters. The fourth-order valence-electron chi connectivity index (χ4n) is 2.66. The van der Waals surface area contributed by atoms with Crippen molar-refractivity contribution in [2.75, 3.05) is 11.4 Å². The van der Waals surface area contributed by atoms with E-state index in [0.717, 1.165) is 11.1 Å². The molecule has 0 saturated carbocycles. The second-order valence-electron chi connectivity index (χ2n) is 5.18. The fourth-order valence-corrected chi connectivity index (χ4v) is 3.24. The van der Waals surface area contributed by atoms with Crippen molar-refractivity contribution in [3.8, 4) is 0 Å². The summed E-state index contributed by atoms with van der Waals surface area (Å²) in [5.74, 6) is 0.648. The van der Waals surface area contributed by atoms with Gasteiger partial charge in [0, 0.05) is 19.2 Å². The molecule has 1 aromatic heterocycles. The van der Waals surface area contributed by atoms with Gasteiger partial charge in [0.15, 0.2) is 0 Å². The molecule has 0 aliphatic carbocycles. The number of nitrogens with zero attached hydrogens (tertiary/aromatic N) is 3. The highest BCUT2D eigenvalue weighted by Crippen LogP contribution is 2.33. The number of nitro groups is 1. The van der Waals surface area contributed by atoms with Crippen molar-refractivity contribution in [2.45, 2.75) is 19.1 Å². The van der Waals surface area contributed by atoms with Crippen molar-refractivity contribution < 1.29 is 10.0 Å². The Hall–Kier alpha value is -1.99. The number of aliphatic hydroxyl groups is 1. The summed E-state index contributed by atoms with van der Waals surface area (Å²) >= 11 is 3.36. The van der Waals surface area contributed by atoms with Gasteiger partial charge in [0.1, 0.15) is 12.0 Å². The Bertz CT molecular complexity index is 723. The molecule has 0 fully saturated rings. The molecule has 22 heavy (non-hydrogen) atoms. The maximum absolute atomic E-state index is 10.8. The van der Waals surface area contributed by atoms with Crippen molar-refractivity contribution in [2.24, 2.45) is 0 Å². The summed E-state index contributed by atoms with van der Waals surface area (Å²) in [6.45, 7) is 1.23. The van der Waals surface area contributed by atoms with Gasteiger partial charge in [0.2, 0.25) is 0 Å². The van der Waals surface area contributed by atoms with Crippen molar-refractivity contribution in [3.63, 3.8) is 0 Å². The van der Waals surface area contributed by atoms with Gasteiger partial charge in [-0.25, -0.2) is 4.98 Å². The number of aliphatic hydroxyl groups excluding tert-OH is 1. The highest BCUT2D eigenvalue weighted by molar-refractivity contribution is 9.10. The third kappa shape index (κ3) is 2.82. The Kier molecular flexibility index (Phi) is 4.08. The maximum Gasteiger partial charge on any atom is 0.288 e. The molecule has 0 spiro atoms. The number of aromatic nitrogens is 1. The van der Waals surface area contributed by atoms with E-state index in [1.165, 1.54) is 12.3 Å². The van der Waals surface area contributed by atoms with Gasteiger partial charge in [0.05, 0.1) is 15.5 Å². The summed E-state index contributed by atoms with van der Waals surface area (Å²) in [4.78, 5) is 16.6. The molecule has 6 nitrogen and oxygen atoms in total. The number of anilines is 1. The van der Waals surface area contributed by atoms with Crippen LogP contribution in [0.3, 0.4) is 0 Å². The Morgan fingerprint density at radius 3 is 2.91 bits per heavy atom. The van der Waals surface area contributed by atoms with Crippen LogP contribution in [0.5, 0.6) is 0 Å². The maximum atomic E-state index is 10.8. The molecule has 0 bridgehead atoms. The van der Waals surface area contributed by atoms with E-state index in [1.807, 2.05) is 29.2 Å². The molecular formula is C15H14BrN3O3. The van der Waals surface area contributed by atoms with E-state index in [4.69, 9.17) is 0 Å². The first-order chi connectivity index (χ1) is 10.6. The van der Waals surface area contributed by atoms with Crippen LogP contribution in [-0.4, -0.2) is 21.6 Å². The van der Waals surface area contributed by atoms with Crippen LogP contribution in [0.2, 0.25) is 0 Å². The molecule has 0 amide bonds. The van der Waals surface area contributed by atoms with Crippen molar-refractivity contribution in [1.82, 2.24) is 4.98 Å². The molecule has 1 aliphatic heterocycles. The second kappa shape index (κ2) is 6.02. The summed E-state index contributed by atoms with van der Waals surface area (Å²) in [6.07, 6.45) is 1.34. The predicted molar refractivity (Wildman–Crippen MR) is 85.7 cm³/mol. The van der Waals surface area contributed by atoms with Crippen LogP contribution in [-0.2, 0) is 6.54 Å². The summed E-state index contributed by atoms with van der Waals surface area (Å²) in [7, 11) is 0. The number of benzene rings is 1. The first kappa shape index (κ1) is 14.9. The quantitative estimate of drug-likeness (QED) is 0.654. The first-order valence-corrected chi connectivity index (χ1v) is 7.66. The lowest BCUT2D eigenvalue weighted by Crippen LogP contribution is -2.24. The zero-order valence-electron chi connectivity index (χ0n) is 11.6. The van der Waals surface area contributed by atoms with Crippen molar-refractivity contribution in [3.05, 3.63) is 62.2 Å². The van der Waals surface area contributed by atoms with E-state index in [1.54, 1.807) is 0 Å². The molecule has 1 atom stereocenters. The number of hydrogen-bond donors (Lipinski definition) is 1. The number of fused-ring (bicyclic) bond motifs is 1. The fraction of sp³-hybridized carbons (Fsp3) is 0.267. The molecule has 7 heteroatoms. The molecule has 2 heterocycles.